The minimum atomic E-state index is -0.379. The molecular formula is C15H15BrFN3S. The highest BCUT2D eigenvalue weighted by atomic mass is 79.9. The van der Waals surface area contributed by atoms with Gasteiger partial charge in [0.15, 0.2) is 5.82 Å². The summed E-state index contributed by atoms with van der Waals surface area (Å²) < 4.78 is 14.7. The summed E-state index contributed by atoms with van der Waals surface area (Å²) in [7, 11) is 1.81. The van der Waals surface area contributed by atoms with Gasteiger partial charge >= 0.3 is 0 Å². The lowest BCUT2D eigenvalue weighted by molar-refractivity contribution is 0.615. The minimum absolute atomic E-state index is 0.162. The minimum Gasteiger partial charge on any atom is -0.389 e. The maximum atomic E-state index is 14.4. The highest BCUT2D eigenvalue weighted by molar-refractivity contribution is 9.10. The fourth-order valence-electron chi connectivity index (χ4n) is 2.04. The summed E-state index contributed by atoms with van der Waals surface area (Å²) in [5.74, 6) is -0.379. The molecule has 0 saturated carbocycles. The molecule has 0 aliphatic heterocycles. The van der Waals surface area contributed by atoms with Gasteiger partial charge in [-0.05, 0) is 47.1 Å². The van der Waals surface area contributed by atoms with Crippen LogP contribution in [0.5, 0.6) is 0 Å². The molecule has 1 aromatic carbocycles. The van der Waals surface area contributed by atoms with Crippen molar-refractivity contribution in [2.75, 3.05) is 11.9 Å². The van der Waals surface area contributed by atoms with Crippen LogP contribution in [-0.2, 0) is 6.54 Å². The Bertz CT molecular complexity index is 691. The van der Waals surface area contributed by atoms with Gasteiger partial charge in [0.2, 0.25) is 0 Å². The zero-order valence-corrected chi connectivity index (χ0v) is 14.1. The predicted octanol–water partition coefficient (Wildman–Crippen LogP) is 3.56. The third-order valence-corrected chi connectivity index (χ3v) is 4.08. The van der Waals surface area contributed by atoms with Crippen LogP contribution >= 0.6 is 28.1 Å². The van der Waals surface area contributed by atoms with Gasteiger partial charge in [0.05, 0.1) is 22.4 Å². The fraction of sp³-hybridized carbons (Fsp3) is 0.200. The van der Waals surface area contributed by atoms with Crippen molar-refractivity contribution in [2.45, 2.75) is 13.5 Å². The van der Waals surface area contributed by atoms with Gasteiger partial charge in [-0.2, -0.15) is 0 Å². The van der Waals surface area contributed by atoms with Crippen molar-refractivity contribution in [1.82, 2.24) is 4.98 Å². The number of aromatic nitrogens is 1. The lowest BCUT2D eigenvalue weighted by Crippen LogP contribution is -2.20. The normalized spacial score (nSPS) is 10.5. The van der Waals surface area contributed by atoms with Gasteiger partial charge in [0, 0.05) is 18.3 Å². The number of anilines is 1. The van der Waals surface area contributed by atoms with E-state index in [-0.39, 0.29) is 15.3 Å². The highest BCUT2D eigenvalue weighted by Crippen LogP contribution is 2.29. The van der Waals surface area contributed by atoms with Gasteiger partial charge in [-0.1, -0.05) is 18.3 Å². The average molecular weight is 368 g/mol. The van der Waals surface area contributed by atoms with Gasteiger partial charge in [0.1, 0.15) is 4.99 Å². The van der Waals surface area contributed by atoms with E-state index in [9.17, 15) is 4.39 Å². The molecule has 0 aliphatic carbocycles. The summed E-state index contributed by atoms with van der Waals surface area (Å²) in [5.41, 5.74) is 8.34. The zero-order chi connectivity index (χ0) is 15.6. The molecule has 0 unspecified atom stereocenters. The van der Waals surface area contributed by atoms with Crippen molar-refractivity contribution in [3.8, 4) is 0 Å². The summed E-state index contributed by atoms with van der Waals surface area (Å²) in [4.78, 5) is 6.38. The van der Waals surface area contributed by atoms with E-state index in [1.54, 1.807) is 17.0 Å². The van der Waals surface area contributed by atoms with Crippen molar-refractivity contribution >= 4 is 38.8 Å². The number of rotatable bonds is 4. The van der Waals surface area contributed by atoms with Crippen LogP contribution in [0.4, 0.5) is 10.1 Å². The lowest BCUT2D eigenvalue weighted by atomic mass is 10.2. The Morgan fingerprint density at radius 2 is 2.10 bits per heavy atom. The first-order chi connectivity index (χ1) is 9.90. The van der Waals surface area contributed by atoms with Gasteiger partial charge in [-0.15, -0.1) is 0 Å². The molecule has 0 radical (unpaired) electrons. The van der Waals surface area contributed by atoms with Crippen LogP contribution < -0.4 is 10.6 Å². The van der Waals surface area contributed by atoms with E-state index in [1.807, 2.05) is 32.2 Å². The molecule has 0 saturated heterocycles. The summed E-state index contributed by atoms with van der Waals surface area (Å²) in [6.07, 6.45) is 0. The molecule has 3 nitrogen and oxygen atoms in total. The molecule has 6 heteroatoms. The molecule has 1 heterocycles. The van der Waals surface area contributed by atoms with Crippen LogP contribution in [0.2, 0.25) is 0 Å². The van der Waals surface area contributed by atoms with Crippen molar-refractivity contribution in [2.24, 2.45) is 5.73 Å². The third kappa shape index (κ3) is 3.57. The maximum absolute atomic E-state index is 14.4. The first-order valence-corrected chi connectivity index (χ1v) is 7.51. The predicted molar refractivity (Wildman–Crippen MR) is 91.1 cm³/mol. The van der Waals surface area contributed by atoms with Crippen molar-refractivity contribution in [3.05, 3.63) is 57.6 Å². The Morgan fingerprint density at radius 1 is 1.38 bits per heavy atom. The second kappa shape index (κ2) is 6.49. The van der Waals surface area contributed by atoms with E-state index < -0.39 is 0 Å². The lowest BCUT2D eigenvalue weighted by Gasteiger charge is -2.21. The molecule has 0 atom stereocenters. The maximum Gasteiger partial charge on any atom is 0.161 e. The molecule has 2 rings (SSSR count). The molecule has 0 bridgehead atoms. The molecule has 0 spiro atoms. The molecule has 110 valence electrons. The molecule has 21 heavy (non-hydrogen) atoms. The Balaban J connectivity index is 2.29. The Kier molecular flexibility index (Phi) is 4.90. The number of benzene rings is 1. The molecular weight excluding hydrogens is 353 g/mol. The van der Waals surface area contributed by atoms with E-state index in [0.29, 0.717) is 17.8 Å². The summed E-state index contributed by atoms with van der Waals surface area (Å²) >= 11 is 8.11. The van der Waals surface area contributed by atoms with Crippen molar-refractivity contribution in [3.63, 3.8) is 0 Å². The summed E-state index contributed by atoms with van der Waals surface area (Å²) in [6.45, 7) is 2.44. The first kappa shape index (κ1) is 15.9. The van der Waals surface area contributed by atoms with Crippen LogP contribution in [0, 0.1) is 12.7 Å². The van der Waals surface area contributed by atoms with Crippen LogP contribution in [0.15, 0.2) is 34.8 Å². The van der Waals surface area contributed by atoms with Crippen LogP contribution in [0.3, 0.4) is 0 Å². The first-order valence-electron chi connectivity index (χ1n) is 6.31. The largest absolute Gasteiger partial charge is 0.389 e. The number of pyridine rings is 1. The molecule has 0 aliphatic rings. The number of hydrogen-bond donors (Lipinski definition) is 1. The number of aryl methyl sites for hydroxylation is 1. The van der Waals surface area contributed by atoms with E-state index >= 15 is 0 Å². The number of thiocarbonyl (C=S) groups is 1. The second-order valence-electron chi connectivity index (χ2n) is 4.75. The summed E-state index contributed by atoms with van der Waals surface area (Å²) in [5, 5.41) is 0. The highest BCUT2D eigenvalue weighted by Gasteiger charge is 2.16. The topological polar surface area (TPSA) is 42.1 Å². The molecule has 0 fully saturated rings. The van der Waals surface area contributed by atoms with E-state index in [4.69, 9.17) is 18.0 Å². The van der Waals surface area contributed by atoms with E-state index in [1.165, 1.54) is 0 Å². The molecule has 0 amide bonds. The fourth-order valence-corrected chi connectivity index (χ4v) is 2.89. The Labute approximate surface area is 137 Å². The number of nitrogens with zero attached hydrogens (tertiary/aromatic N) is 2. The Hall–Kier alpha value is -1.53. The van der Waals surface area contributed by atoms with Gasteiger partial charge in [0.25, 0.3) is 0 Å². The van der Waals surface area contributed by atoms with Crippen LogP contribution in [0.1, 0.15) is 17.0 Å². The second-order valence-corrected chi connectivity index (χ2v) is 5.98. The molecule has 2 N–H and O–H groups in total. The van der Waals surface area contributed by atoms with Crippen LogP contribution in [0.25, 0.3) is 0 Å². The molecule has 2 aromatic rings. The Morgan fingerprint density at radius 3 is 2.71 bits per heavy atom. The number of halogens is 2. The smallest absolute Gasteiger partial charge is 0.161 e. The zero-order valence-electron chi connectivity index (χ0n) is 11.7. The van der Waals surface area contributed by atoms with Crippen LogP contribution in [-0.4, -0.2) is 17.0 Å². The average Bonchev–Trinajstić information content (AvgIpc) is 2.41. The quantitative estimate of drug-likeness (QED) is 0.838. The number of nitrogens with two attached hydrogens (primary N) is 1. The van der Waals surface area contributed by atoms with Crippen molar-refractivity contribution in [1.29, 1.82) is 0 Å². The van der Waals surface area contributed by atoms with E-state index in [2.05, 4.69) is 20.9 Å². The van der Waals surface area contributed by atoms with Gasteiger partial charge in [-0.3, -0.25) is 4.98 Å². The summed E-state index contributed by atoms with van der Waals surface area (Å²) in [6, 6.07) is 9.17. The molecule has 1 aromatic heterocycles. The SMILES string of the molecule is Cc1cccc(CN(C)c2ccc(C(N)=S)c(Br)c2F)n1. The van der Waals surface area contributed by atoms with Gasteiger partial charge < -0.3 is 10.6 Å². The van der Waals surface area contributed by atoms with Crippen molar-refractivity contribution < 1.29 is 4.39 Å². The monoisotopic (exact) mass is 367 g/mol. The third-order valence-electron chi connectivity index (χ3n) is 3.08. The van der Waals surface area contributed by atoms with E-state index in [0.717, 1.165) is 11.4 Å². The number of hydrogen-bond acceptors (Lipinski definition) is 3. The van der Waals surface area contributed by atoms with Gasteiger partial charge in [-0.25, -0.2) is 4.39 Å². The standard InChI is InChI=1S/C15H15BrFN3S/c1-9-4-3-5-10(19-9)8-20(2)12-7-6-11(15(18)21)13(16)14(12)17/h3-7H,8H2,1-2H3,(H2,18,21).